The zero-order valence-electron chi connectivity index (χ0n) is 19.0. The second-order valence-electron chi connectivity index (χ2n) is 8.05. The highest BCUT2D eigenvalue weighted by Crippen LogP contribution is 2.19. The van der Waals surface area contributed by atoms with Gasteiger partial charge in [-0.05, 0) is 43.0 Å². The van der Waals surface area contributed by atoms with Crippen molar-refractivity contribution in [2.24, 2.45) is 0 Å². The van der Waals surface area contributed by atoms with Crippen molar-refractivity contribution in [1.29, 1.82) is 0 Å². The summed E-state index contributed by atoms with van der Waals surface area (Å²) in [5, 5.41) is 0. The lowest BCUT2D eigenvalue weighted by Crippen LogP contribution is -2.42. The number of hydrogen-bond acceptors (Lipinski definition) is 3. The predicted molar refractivity (Wildman–Crippen MR) is 131 cm³/mol. The Bertz CT molecular complexity index is 985. The summed E-state index contributed by atoms with van der Waals surface area (Å²) in [5.74, 6) is 0.0251. The maximum absolute atomic E-state index is 13.4. The van der Waals surface area contributed by atoms with Gasteiger partial charge in [-0.3, -0.25) is 9.59 Å². The molecular weight excluding hydrogens is 416 g/mol. The molecule has 0 radical (unpaired) electrons. The fraction of sp³-hybridized carbons (Fsp3) is 0.333. The highest BCUT2D eigenvalue weighted by Gasteiger charge is 2.21. The Morgan fingerprint density at radius 2 is 1.44 bits per heavy atom. The Balaban J connectivity index is 1.68. The first-order valence-corrected chi connectivity index (χ1v) is 12.1. The summed E-state index contributed by atoms with van der Waals surface area (Å²) >= 11 is 1.71. The number of aryl methyl sites for hydroxylation is 2. The van der Waals surface area contributed by atoms with Crippen LogP contribution in [0.15, 0.2) is 72.8 Å². The van der Waals surface area contributed by atoms with Crippen LogP contribution in [0.3, 0.4) is 0 Å². The number of hydrogen-bond donors (Lipinski definition) is 0. The van der Waals surface area contributed by atoms with E-state index in [9.17, 15) is 9.59 Å². The van der Waals surface area contributed by atoms with Crippen LogP contribution in [0.25, 0.3) is 0 Å². The fourth-order valence-electron chi connectivity index (χ4n) is 3.67. The summed E-state index contributed by atoms with van der Waals surface area (Å²) in [7, 11) is 0. The molecule has 0 saturated heterocycles. The normalized spacial score (nSPS) is 10.7. The van der Waals surface area contributed by atoms with Gasteiger partial charge in [0.25, 0.3) is 0 Å². The minimum absolute atomic E-state index is 0.0126. The first-order valence-electron chi connectivity index (χ1n) is 11.2. The molecule has 5 heteroatoms. The molecule has 4 nitrogen and oxygen atoms in total. The van der Waals surface area contributed by atoms with E-state index in [1.54, 1.807) is 16.2 Å². The van der Waals surface area contributed by atoms with Crippen molar-refractivity contribution in [2.75, 3.05) is 13.1 Å². The van der Waals surface area contributed by atoms with Crippen LogP contribution in [0.4, 0.5) is 0 Å². The van der Waals surface area contributed by atoms with E-state index in [4.69, 9.17) is 0 Å². The topological polar surface area (TPSA) is 40.6 Å². The van der Waals surface area contributed by atoms with E-state index < -0.39 is 0 Å². The molecule has 0 spiro atoms. The van der Waals surface area contributed by atoms with Crippen LogP contribution in [0.2, 0.25) is 0 Å². The van der Waals surface area contributed by atoms with E-state index in [-0.39, 0.29) is 18.4 Å². The smallest absolute Gasteiger partial charge is 0.242 e. The van der Waals surface area contributed by atoms with Crippen molar-refractivity contribution in [2.45, 2.75) is 46.2 Å². The fourth-order valence-corrected chi connectivity index (χ4v) is 4.58. The second kappa shape index (κ2) is 12.2. The Labute approximate surface area is 195 Å². The maximum Gasteiger partial charge on any atom is 0.242 e. The molecule has 0 fully saturated rings. The number of benzene rings is 2. The molecule has 2 amide bonds. The Kier molecular flexibility index (Phi) is 9.05. The SMILES string of the molecule is CCCN(CC(=O)N(Cc1ccccc1)Cc1ccc(C)s1)C(=O)CCc1ccccc1. The number of rotatable bonds is 11. The van der Waals surface area contributed by atoms with Crippen LogP contribution < -0.4 is 0 Å². The van der Waals surface area contributed by atoms with Gasteiger partial charge in [0, 0.05) is 29.3 Å². The third-order valence-corrected chi connectivity index (χ3v) is 6.34. The quantitative estimate of drug-likeness (QED) is 0.391. The zero-order chi connectivity index (χ0) is 22.8. The average molecular weight is 449 g/mol. The Morgan fingerprint density at radius 1 is 0.781 bits per heavy atom. The van der Waals surface area contributed by atoms with Gasteiger partial charge in [-0.2, -0.15) is 0 Å². The number of thiophene rings is 1. The molecule has 0 saturated carbocycles. The van der Waals surface area contributed by atoms with Crippen LogP contribution in [0, 0.1) is 6.92 Å². The van der Waals surface area contributed by atoms with Crippen molar-refractivity contribution >= 4 is 23.2 Å². The largest absolute Gasteiger partial charge is 0.333 e. The summed E-state index contributed by atoms with van der Waals surface area (Å²) in [5.41, 5.74) is 2.23. The number of carbonyl (C=O) groups excluding carboxylic acids is 2. The third kappa shape index (κ3) is 7.34. The lowest BCUT2D eigenvalue weighted by Gasteiger charge is -2.27. The van der Waals surface area contributed by atoms with Crippen molar-refractivity contribution in [3.8, 4) is 0 Å². The predicted octanol–water partition coefficient (Wildman–Crippen LogP) is 5.46. The van der Waals surface area contributed by atoms with Crippen LogP contribution in [0.5, 0.6) is 0 Å². The molecule has 1 heterocycles. The summed E-state index contributed by atoms with van der Waals surface area (Å²) in [4.78, 5) is 32.3. The monoisotopic (exact) mass is 448 g/mol. The summed E-state index contributed by atoms with van der Waals surface area (Å²) < 4.78 is 0. The minimum Gasteiger partial charge on any atom is -0.333 e. The van der Waals surface area contributed by atoms with Gasteiger partial charge < -0.3 is 9.80 Å². The van der Waals surface area contributed by atoms with Crippen LogP contribution in [0.1, 0.15) is 40.6 Å². The second-order valence-corrected chi connectivity index (χ2v) is 9.42. The number of carbonyl (C=O) groups is 2. The van der Waals surface area contributed by atoms with Gasteiger partial charge in [-0.15, -0.1) is 11.3 Å². The van der Waals surface area contributed by atoms with E-state index in [0.29, 0.717) is 32.5 Å². The highest BCUT2D eigenvalue weighted by atomic mass is 32.1. The summed E-state index contributed by atoms with van der Waals surface area (Å²) in [6, 6.07) is 24.2. The first-order chi connectivity index (χ1) is 15.5. The van der Waals surface area contributed by atoms with Gasteiger partial charge in [0.05, 0.1) is 13.1 Å². The molecule has 3 rings (SSSR count). The molecule has 3 aromatic rings. The Morgan fingerprint density at radius 3 is 2.03 bits per heavy atom. The Hall–Kier alpha value is -2.92. The standard InChI is InChI=1S/C27H32N2O2S/c1-3-18-28(26(30)17-15-23-10-6-4-7-11-23)21-27(31)29(19-24-12-8-5-9-13-24)20-25-16-14-22(2)32-25/h4-14,16H,3,15,17-21H2,1-2H3. The first kappa shape index (κ1) is 23.7. The number of nitrogens with zero attached hydrogens (tertiary/aromatic N) is 2. The highest BCUT2D eigenvalue weighted by molar-refractivity contribution is 7.11. The van der Waals surface area contributed by atoms with Gasteiger partial charge in [0.1, 0.15) is 0 Å². The van der Waals surface area contributed by atoms with E-state index >= 15 is 0 Å². The molecule has 32 heavy (non-hydrogen) atoms. The molecule has 0 aliphatic rings. The summed E-state index contributed by atoms with van der Waals surface area (Å²) in [6.07, 6.45) is 1.93. The molecule has 0 bridgehead atoms. The maximum atomic E-state index is 13.4. The molecule has 1 aromatic heterocycles. The summed E-state index contributed by atoms with van der Waals surface area (Å²) in [6.45, 7) is 5.93. The third-order valence-electron chi connectivity index (χ3n) is 5.35. The molecule has 0 atom stereocenters. The molecule has 0 unspecified atom stereocenters. The van der Waals surface area contributed by atoms with E-state index in [1.807, 2.05) is 72.5 Å². The zero-order valence-corrected chi connectivity index (χ0v) is 19.8. The van der Waals surface area contributed by atoms with Crippen molar-refractivity contribution in [3.05, 3.63) is 93.7 Å². The van der Waals surface area contributed by atoms with E-state index in [1.165, 1.54) is 4.88 Å². The lowest BCUT2D eigenvalue weighted by molar-refractivity contribution is -0.141. The van der Waals surface area contributed by atoms with Gasteiger partial charge >= 0.3 is 0 Å². The molecule has 0 aliphatic carbocycles. The minimum atomic E-state index is -0.0126. The van der Waals surface area contributed by atoms with Gasteiger partial charge in [0.15, 0.2) is 0 Å². The van der Waals surface area contributed by atoms with E-state index in [2.05, 4.69) is 19.1 Å². The number of amides is 2. The van der Waals surface area contributed by atoms with Crippen LogP contribution >= 0.6 is 11.3 Å². The molecule has 0 N–H and O–H groups in total. The molecule has 168 valence electrons. The lowest BCUT2D eigenvalue weighted by atomic mass is 10.1. The van der Waals surface area contributed by atoms with Crippen molar-refractivity contribution < 1.29 is 9.59 Å². The van der Waals surface area contributed by atoms with Crippen molar-refractivity contribution in [3.63, 3.8) is 0 Å². The van der Waals surface area contributed by atoms with Gasteiger partial charge in [0.2, 0.25) is 11.8 Å². The van der Waals surface area contributed by atoms with Crippen molar-refractivity contribution in [1.82, 2.24) is 9.80 Å². The van der Waals surface area contributed by atoms with Gasteiger partial charge in [-0.25, -0.2) is 0 Å². The molecular formula is C27H32N2O2S. The van der Waals surface area contributed by atoms with E-state index in [0.717, 1.165) is 22.4 Å². The van der Waals surface area contributed by atoms with Gasteiger partial charge in [-0.1, -0.05) is 67.6 Å². The van der Waals surface area contributed by atoms with Crippen LogP contribution in [-0.4, -0.2) is 34.7 Å². The average Bonchev–Trinajstić information content (AvgIpc) is 3.22. The molecule has 2 aromatic carbocycles. The molecule has 0 aliphatic heterocycles. The van der Waals surface area contributed by atoms with Crippen LogP contribution in [-0.2, 0) is 29.1 Å².